The quantitative estimate of drug-likeness (QED) is 0.423. The SMILES string of the molecule is COc1c(OC)c(N)c2c(CCCCO)nc(-c3ccc(Cl)cc3)nc2c1OC. The number of methoxy groups -OCH3 is 3. The van der Waals surface area contributed by atoms with Crippen LogP contribution in [0.1, 0.15) is 18.5 Å². The number of fused-ring (bicyclic) bond motifs is 1. The summed E-state index contributed by atoms with van der Waals surface area (Å²) in [7, 11) is 4.59. The van der Waals surface area contributed by atoms with E-state index in [1.54, 1.807) is 19.2 Å². The molecule has 0 unspecified atom stereocenters. The fourth-order valence-corrected chi connectivity index (χ4v) is 3.42. The first-order valence-corrected chi connectivity index (χ1v) is 9.58. The molecule has 0 saturated heterocycles. The number of hydrogen-bond acceptors (Lipinski definition) is 7. The van der Waals surface area contributed by atoms with Crippen LogP contribution in [-0.2, 0) is 6.42 Å². The highest BCUT2D eigenvalue weighted by molar-refractivity contribution is 6.30. The number of halogens is 1. The van der Waals surface area contributed by atoms with Crippen molar-refractivity contribution in [2.24, 2.45) is 0 Å². The minimum Gasteiger partial charge on any atom is -0.491 e. The molecule has 3 aromatic rings. The van der Waals surface area contributed by atoms with E-state index in [1.807, 2.05) is 12.1 Å². The number of aromatic nitrogens is 2. The number of nitrogens with two attached hydrogens (primary N) is 1. The van der Waals surface area contributed by atoms with Crippen molar-refractivity contribution < 1.29 is 19.3 Å². The van der Waals surface area contributed by atoms with Crippen molar-refractivity contribution in [2.75, 3.05) is 33.7 Å². The zero-order chi connectivity index (χ0) is 21.0. The molecule has 8 heteroatoms. The molecule has 0 spiro atoms. The number of aryl methyl sites for hydroxylation is 1. The van der Waals surface area contributed by atoms with Gasteiger partial charge < -0.3 is 25.1 Å². The van der Waals surface area contributed by atoms with Gasteiger partial charge in [-0.3, -0.25) is 0 Å². The van der Waals surface area contributed by atoms with Crippen LogP contribution in [0.2, 0.25) is 5.02 Å². The normalized spacial score (nSPS) is 10.9. The highest BCUT2D eigenvalue weighted by Gasteiger charge is 2.25. The van der Waals surface area contributed by atoms with Crippen LogP contribution in [0.15, 0.2) is 24.3 Å². The predicted octanol–water partition coefficient (Wildman–Crippen LogP) is 3.87. The Bertz CT molecular complexity index is 1010. The molecule has 3 rings (SSSR count). The minimum absolute atomic E-state index is 0.114. The van der Waals surface area contributed by atoms with Crippen molar-refractivity contribution >= 4 is 28.2 Å². The first-order valence-electron chi connectivity index (χ1n) is 9.20. The number of rotatable bonds is 8. The van der Waals surface area contributed by atoms with E-state index in [0.29, 0.717) is 57.5 Å². The lowest BCUT2D eigenvalue weighted by Crippen LogP contribution is -2.06. The van der Waals surface area contributed by atoms with Gasteiger partial charge in [-0.2, -0.15) is 0 Å². The molecular formula is C21H24ClN3O4. The maximum atomic E-state index is 9.18. The van der Waals surface area contributed by atoms with E-state index in [-0.39, 0.29) is 6.61 Å². The van der Waals surface area contributed by atoms with Crippen LogP contribution in [-0.4, -0.2) is 43.0 Å². The fraction of sp³-hybridized carbons (Fsp3) is 0.333. The highest BCUT2D eigenvalue weighted by Crippen LogP contribution is 2.48. The second kappa shape index (κ2) is 9.15. The second-order valence-corrected chi connectivity index (χ2v) is 6.85. The first-order chi connectivity index (χ1) is 14.0. The Morgan fingerprint density at radius 2 is 1.59 bits per heavy atom. The number of hydrogen-bond donors (Lipinski definition) is 2. The third-order valence-electron chi connectivity index (χ3n) is 4.66. The van der Waals surface area contributed by atoms with Crippen LogP contribution in [0.4, 0.5) is 5.69 Å². The van der Waals surface area contributed by atoms with Crippen molar-refractivity contribution in [3.8, 4) is 28.6 Å². The smallest absolute Gasteiger partial charge is 0.207 e. The molecule has 2 aromatic carbocycles. The summed E-state index contributed by atoms with van der Waals surface area (Å²) < 4.78 is 16.6. The summed E-state index contributed by atoms with van der Waals surface area (Å²) in [5, 5.41) is 10.5. The molecule has 29 heavy (non-hydrogen) atoms. The maximum Gasteiger partial charge on any atom is 0.207 e. The number of nitrogen functional groups attached to an aromatic ring is 1. The Hall–Kier alpha value is -2.77. The Balaban J connectivity index is 2.34. The standard InChI is InChI=1S/C21H24ClN3O4/c1-27-18-16(23)15-14(6-4-5-11-26)24-21(12-7-9-13(22)10-8-12)25-17(15)19(28-2)20(18)29-3/h7-10,26H,4-6,11,23H2,1-3H3. The molecule has 1 heterocycles. The van der Waals surface area contributed by atoms with E-state index in [2.05, 4.69) is 0 Å². The van der Waals surface area contributed by atoms with E-state index in [4.69, 9.17) is 41.5 Å². The Morgan fingerprint density at radius 3 is 2.17 bits per heavy atom. The van der Waals surface area contributed by atoms with Gasteiger partial charge in [-0.25, -0.2) is 9.97 Å². The predicted molar refractivity (Wildman–Crippen MR) is 114 cm³/mol. The lowest BCUT2D eigenvalue weighted by molar-refractivity contribution is 0.284. The molecule has 0 atom stereocenters. The van der Waals surface area contributed by atoms with Gasteiger partial charge in [-0.05, 0) is 43.5 Å². The molecule has 0 radical (unpaired) electrons. The molecule has 7 nitrogen and oxygen atoms in total. The van der Waals surface area contributed by atoms with E-state index in [1.165, 1.54) is 14.2 Å². The van der Waals surface area contributed by atoms with Gasteiger partial charge in [-0.1, -0.05) is 11.6 Å². The highest BCUT2D eigenvalue weighted by atomic mass is 35.5. The summed E-state index contributed by atoms with van der Waals surface area (Å²) in [4.78, 5) is 9.51. The topological polar surface area (TPSA) is 99.7 Å². The zero-order valence-corrected chi connectivity index (χ0v) is 17.4. The number of ether oxygens (including phenoxy) is 3. The number of nitrogens with zero attached hydrogens (tertiary/aromatic N) is 2. The van der Waals surface area contributed by atoms with Gasteiger partial charge in [0.05, 0.1) is 38.1 Å². The maximum absolute atomic E-state index is 9.18. The van der Waals surface area contributed by atoms with Crippen LogP contribution in [0.25, 0.3) is 22.3 Å². The van der Waals surface area contributed by atoms with Crippen molar-refractivity contribution in [1.29, 1.82) is 0 Å². The lowest BCUT2D eigenvalue weighted by Gasteiger charge is -2.19. The minimum atomic E-state index is 0.114. The molecule has 0 aliphatic carbocycles. The van der Waals surface area contributed by atoms with Crippen molar-refractivity contribution in [2.45, 2.75) is 19.3 Å². The molecule has 154 valence electrons. The summed E-state index contributed by atoms with van der Waals surface area (Å²) in [5.74, 6) is 1.71. The number of unbranched alkanes of at least 4 members (excludes halogenated alkanes) is 1. The van der Waals surface area contributed by atoms with Gasteiger partial charge in [0.15, 0.2) is 17.3 Å². The van der Waals surface area contributed by atoms with Crippen molar-refractivity contribution in [3.05, 3.63) is 35.0 Å². The molecular weight excluding hydrogens is 394 g/mol. The molecule has 0 bridgehead atoms. The van der Waals surface area contributed by atoms with E-state index in [0.717, 1.165) is 17.7 Å². The summed E-state index contributed by atoms with van der Waals surface area (Å²) in [6.07, 6.45) is 2.02. The Morgan fingerprint density at radius 1 is 0.931 bits per heavy atom. The fourth-order valence-electron chi connectivity index (χ4n) is 3.29. The molecule has 0 saturated carbocycles. The Kier molecular flexibility index (Phi) is 6.61. The van der Waals surface area contributed by atoms with Gasteiger partial charge >= 0.3 is 0 Å². The van der Waals surface area contributed by atoms with Gasteiger partial charge in [0, 0.05) is 17.2 Å². The first kappa shape index (κ1) is 21.0. The van der Waals surface area contributed by atoms with Crippen LogP contribution >= 0.6 is 11.6 Å². The number of aliphatic hydroxyl groups is 1. The summed E-state index contributed by atoms with van der Waals surface area (Å²) in [5.41, 5.74) is 8.94. The second-order valence-electron chi connectivity index (χ2n) is 6.42. The largest absolute Gasteiger partial charge is 0.491 e. The van der Waals surface area contributed by atoms with Crippen molar-refractivity contribution in [1.82, 2.24) is 9.97 Å². The molecule has 0 aliphatic heterocycles. The van der Waals surface area contributed by atoms with E-state index in [9.17, 15) is 5.11 Å². The van der Waals surface area contributed by atoms with Crippen molar-refractivity contribution in [3.63, 3.8) is 0 Å². The summed E-state index contributed by atoms with van der Waals surface area (Å²) in [6.45, 7) is 0.114. The van der Waals surface area contributed by atoms with Crippen LogP contribution in [0.3, 0.4) is 0 Å². The molecule has 0 amide bonds. The number of aliphatic hydroxyl groups excluding tert-OH is 1. The molecule has 0 aliphatic rings. The van der Waals surface area contributed by atoms with Crippen LogP contribution in [0, 0.1) is 0 Å². The summed E-state index contributed by atoms with van der Waals surface area (Å²) in [6, 6.07) is 7.29. The van der Waals surface area contributed by atoms with Gasteiger partial charge in [0.25, 0.3) is 0 Å². The third-order valence-corrected chi connectivity index (χ3v) is 4.91. The molecule has 0 fully saturated rings. The average molecular weight is 418 g/mol. The number of anilines is 1. The summed E-state index contributed by atoms with van der Waals surface area (Å²) >= 11 is 6.02. The van der Waals surface area contributed by atoms with E-state index >= 15 is 0 Å². The monoisotopic (exact) mass is 417 g/mol. The average Bonchev–Trinajstić information content (AvgIpc) is 2.73. The molecule has 3 N–H and O–H groups in total. The number of benzene rings is 2. The van der Waals surface area contributed by atoms with Gasteiger partial charge in [0.2, 0.25) is 5.75 Å². The third kappa shape index (κ3) is 4.02. The van der Waals surface area contributed by atoms with E-state index < -0.39 is 0 Å². The van der Waals surface area contributed by atoms with Crippen LogP contribution < -0.4 is 19.9 Å². The molecule has 1 aromatic heterocycles. The van der Waals surface area contributed by atoms with Crippen LogP contribution in [0.5, 0.6) is 17.2 Å². The zero-order valence-electron chi connectivity index (χ0n) is 16.7. The lowest BCUT2D eigenvalue weighted by atomic mass is 10.0. The van der Waals surface area contributed by atoms with Gasteiger partial charge in [0.1, 0.15) is 5.52 Å². The van der Waals surface area contributed by atoms with Gasteiger partial charge in [-0.15, -0.1) is 0 Å². The Labute approximate surface area is 174 Å².